The average Bonchev–Trinajstić information content (AvgIpc) is 2.74. The molecule has 1 atom stereocenters. The number of carbonyl (C=O) groups is 1. The summed E-state index contributed by atoms with van der Waals surface area (Å²) in [6.07, 6.45) is 3.61. The quantitative estimate of drug-likeness (QED) is 0.834. The molecule has 1 aromatic carbocycles. The number of nitrogens with one attached hydrogen (secondary N) is 1. The molecule has 148 valence electrons. The van der Waals surface area contributed by atoms with E-state index in [2.05, 4.69) is 10.3 Å². The summed E-state index contributed by atoms with van der Waals surface area (Å²) in [6, 6.07) is 10.9. The van der Waals surface area contributed by atoms with Crippen LogP contribution in [0.25, 0.3) is 0 Å². The van der Waals surface area contributed by atoms with Crippen molar-refractivity contribution in [2.75, 3.05) is 32.8 Å². The van der Waals surface area contributed by atoms with Gasteiger partial charge >= 0.3 is 0 Å². The van der Waals surface area contributed by atoms with Gasteiger partial charge in [-0.25, -0.2) is 0 Å². The van der Waals surface area contributed by atoms with E-state index in [1.54, 1.807) is 24.4 Å². The van der Waals surface area contributed by atoms with Gasteiger partial charge in [0.1, 0.15) is 18.4 Å². The van der Waals surface area contributed by atoms with Crippen LogP contribution in [-0.4, -0.2) is 54.7 Å². The lowest BCUT2D eigenvalue weighted by Crippen LogP contribution is -2.43. The molecular weight excluding hydrogens is 378 g/mol. The first-order chi connectivity index (χ1) is 13.7. The molecule has 1 amide bonds. The molecule has 1 N–H and O–H groups in total. The van der Waals surface area contributed by atoms with Crippen LogP contribution < -0.4 is 14.8 Å². The number of pyridine rings is 1. The minimum absolute atomic E-state index is 0.0251. The number of likely N-dealkylation sites (tertiary alicyclic amines) is 1. The van der Waals surface area contributed by atoms with Gasteiger partial charge < -0.3 is 19.7 Å². The summed E-state index contributed by atoms with van der Waals surface area (Å²) in [5.74, 6) is 2.02. The van der Waals surface area contributed by atoms with E-state index in [1.807, 2.05) is 23.1 Å². The maximum atomic E-state index is 12.5. The molecular formula is C21H24ClN3O3. The van der Waals surface area contributed by atoms with Crippen molar-refractivity contribution in [2.24, 2.45) is 5.92 Å². The molecule has 1 aromatic heterocycles. The van der Waals surface area contributed by atoms with E-state index in [-0.39, 0.29) is 12.0 Å². The van der Waals surface area contributed by atoms with Crippen LogP contribution >= 0.6 is 11.6 Å². The van der Waals surface area contributed by atoms with E-state index in [1.165, 1.54) is 0 Å². The van der Waals surface area contributed by atoms with Gasteiger partial charge in [-0.1, -0.05) is 17.7 Å². The zero-order valence-electron chi connectivity index (χ0n) is 15.6. The zero-order valence-corrected chi connectivity index (χ0v) is 16.4. The Morgan fingerprint density at radius 1 is 1.18 bits per heavy atom. The Balaban J connectivity index is 1.19. The van der Waals surface area contributed by atoms with Crippen LogP contribution in [0.2, 0.25) is 5.02 Å². The van der Waals surface area contributed by atoms with Gasteiger partial charge in [-0.3, -0.25) is 9.78 Å². The molecule has 7 heteroatoms. The van der Waals surface area contributed by atoms with E-state index in [4.69, 9.17) is 21.1 Å². The number of ether oxygens (including phenoxy) is 2. The van der Waals surface area contributed by atoms with Crippen molar-refractivity contribution in [3.8, 4) is 11.5 Å². The fraction of sp³-hybridized carbons (Fsp3) is 0.429. The second kappa shape index (κ2) is 8.80. The molecule has 0 spiro atoms. The molecule has 1 saturated heterocycles. The van der Waals surface area contributed by atoms with Crippen LogP contribution in [0.3, 0.4) is 0 Å². The number of hydrogen-bond acceptors (Lipinski definition) is 5. The monoisotopic (exact) mass is 401 g/mol. The molecule has 0 saturated carbocycles. The number of piperidine rings is 1. The molecule has 0 aliphatic carbocycles. The predicted octanol–water partition coefficient (Wildman–Crippen LogP) is 3.02. The Hall–Kier alpha value is -2.31. The van der Waals surface area contributed by atoms with E-state index in [0.717, 1.165) is 44.8 Å². The molecule has 2 aromatic rings. The molecule has 2 aliphatic heterocycles. The highest BCUT2D eigenvalue weighted by Crippen LogP contribution is 2.33. The SMILES string of the molecule is O=C(c1ccccn1)N1CCC(CNCC2COc3ccc(Cl)cc3O2)CC1. The van der Waals surface area contributed by atoms with Gasteiger partial charge in [-0.05, 0) is 49.6 Å². The normalized spacial score (nSPS) is 19.5. The summed E-state index contributed by atoms with van der Waals surface area (Å²) in [7, 11) is 0. The highest BCUT2D eigenvalue weighted by Gasteiger charge is 2.25. The molecule has 1 unspecified atom stereocenters. The summed E-state index contributed by atoms with van der Waals surface area (Å²) in [5, 5.41) is 4.13. The van der Waals surface area contributed by atoms with Gasteiger partial charge in [0.15, 0.2) is 11.5 Å². The zero-order chi connectivity index (χ0) is 19.3. The van der Waals surface area contributed by atoms with Crippen LogP contribution in [0.15, 0.2) is 42.6 Å². The third kappa shape index (κ3) is 4.56. The minimum Gasteiger partial charge on any atom is -0.486 e. The Morgan fingerprint density at radius 3 is 2.82 bits per heavy atom. The maximum Gasteiger partial charge on any atom is 0.272 e. The van der Waals surface area contributed by atoms with E-state index in [9.17, 15) is 4.79 Å². The maximum absolute atomic E-state index is 12.5. The summed E-state index contributed by atoms with van der Waals surface area (Å²) < 4.78 is 11.7. The van der Waals surface area contributed by atoms with Gasteiger partial charge in [0.2, 0.25) is 0 Å². The van der Waals surface area contributed by atoms with Crippen molar-refractivity contribution >= 4 is 17.5 Å². The fourth-order valence-corrected chi connectivity index (χ4v) is 3.79. The first kappa shape index (κ1) is 19.0. The summed E-state index contributed by atoms with van der Waals surface area (Å²) >= 11 is 6.02. The van der Waals surface area contributed by atoms with Gasteiger partial charge in [0, 0.05) is 36.9 Å². The Bertz CT molecular complexity index is 810. The molecule has 0 radical (unpaired) electrons. The van der Waals surface area contributed by atoms with Gasteiger partial charge in [-0.15, -0.1) is 0 Å². The minimum atomic E-state index is -0.0308. The second-order valence-corrected chi connectivity index (χ2v) is 7.69. The van der Waals surface area contributed by atoms with Crippen molar-refractivity contribution in [1.82, 2.24) is 15.2 Å². The number of aromatic nitrogens is 1. The number of amides is 1. The number of hydrogen-bond donors (Lipinski definition) is 1. The first-order valence-electron chi connectivity index (χ1n) is 9.69. The van der Waals surface area contributed by atoms with Gasteiger partial charge in [0.25, 0.3) is 5.91 Å². The molecule has 6 nitrogen and oxygen atoms in total. The van der Waals surface area contributed by atoms with Gasteiger partial charge in [0.05, 0.1) is 0 Å². The molecule has 2 aliphatic rings. The van der Waals surface area contributed by atoms with E-state index in [0.29, 0.717) is 29.0 Å². The highest BCUT2D eigenvalue weighted by molar-refractivity contribution is 6.30. The first-order valence-corrected chi connectivity index (χ1v) is 10.1. The van der Waals surface area contributed by atoms with Crippen LogP contribution in [0.4, 0.5) is 0 Å². The number of benzene rings is 1. The summed E-state index contributed by atoms with van der Waals surface area (Å²) in [6.45, 7) is 3.71. The van der Waals surface area contributed by atoms with Crippen molar-refractivity contribution < 1.29 is 14.3 Å². The van der Waals surface area contributed by atoms with Crippen LogP contribution in [0.5, 0.6) is 11.5 Å². The van der Waals surface area contributed by atoms with Gasteiger partial charge in [-0.2, -0.15) is 0 Å². The fourth-order valence-electron chi connectivity index (χ4n) is 3.63. The second-order valence-electron chi connectivity index (χ2n) is 7.25. The summed E-state index contributed by atoms with van der Waals surface area (Å²) in [5.41, 5.74) is 0.522. The van der Waals surface area contributed by atoms with Crippen molar-refractivity contribution in [1.29, 1.82) is 0 Å². The molecule has 28 heavy (non-hydrogen) atoms. The van der Waals surface area contributed by atoms with Crippen molar-refractivity contribution in [3.63, 3.8) is 0 Å². The lowest BCUT2D eigenvalue weighted by atomic mass is 9.96. The molecule has 0 bridgehead atoms. The Labute approximate surface area is 169 Å². The topological polar surface area (TPSA) is 63.7 Å². The molecule has 3 heterocycles. The number of nitrogens with zero attached hydrogens (tertiary/aromatic N) is 2. The number of carbonyl (C=O) groups excluding carboxylic acids is 1. The standard InChI is InChI=1S/C21H24ClN3O3/c22-16-4-5-19-20(11-16)28-17(14-27-19)13-23-12-15-6-9-25(10-7-15)21(26)18-3-1-2-8-24-18/h1-5,8,11,15,17,23H,6-7,9-10,12-14H2. The molecule has 4 rings (SSSR count). The summed E-state index contributed by atoms with van der Waals surface area (Å²) in [4.78, 5) is 18.5. The lowest BCUT2D eigenvalue weighted by molar-refractivity contribution is 0.0676. The number of halogens is 1. The predicted molar refractivity (Wildman–Crippen MR) is 107 cm³/mol. The van der Waals surface area contributed by atoms with Crippen LogP contribution in [0.1, 0.15) is 23.3 Å². The van der Waals surface area contributed by atoms with Crippen LogP contribution in [-0.2, 0) is 0 Å². The number of fused-ring (bicyclic) bond motifs is 1. The van der Waals surface area contributed by atoms with Crippen LogP contribution in [0, 0.1) is 5.92 Å². The Morgan fingerprint density at radius 2 is 2.04 bits per heavy atom. The van der Waals surface area contributed by atoms with Crippen molar-refractivity contribution in [2.45, 2.75) is 18.9 Å². The average molecular weight is 402 g/mol. The third-order valence-electron chi connectivity index (χ3n) is 5.21. The van der Waals surface area contributed by atoms with E-state index >= 15 is 0 Å². The Kier molecular flexibility index (Phi) is 5.98. The lowest BCUT2D eigenvalue weighted by Gasteiger charge is -2.32. The van der Waals surface area contributed by atoms with Crippen molar-refractivity contribution in [3.05, 3.63) is 53.3 Å². The molecule has 1 fully saturated rings. The third-order valence-corrected chi connectivity index (χ3v) is 5.45. The highest BCUT2D eigenvalue weighted by atomic mass is 35.5. The smallest absolute Gasteiger partial charge is 0.272 e. The largest absolute Gasteiger partial charge is 0.486 e. The number of rotatable bonds is 5. The van der Waals surface area contributed by atoms with E-state index < -0.39 is 0 Å².